The zero-order valence-electron chi connectivity index (χ0n) is 11.9. The molecule has 0 aliphatic rings. The van der Waals surface area contributed by atoms with Crippen LogP contribution in [0.5, 0.6) is 0 Å². The molecule has 0 radical (unpaired) electrons. The third-order valence-electron chi connectivity index (χ3n) is 3.25. The van der Waals surface area contributed by atoms with Gasteiger partial charge in [-0.05, 0) is 19.1 Å². The van der Waals surface area contributed by atoms with Gasteiger partial charge in [0.1, 0.15) is 0 Å². The summed E-state index contributed by atoms with van der Waals surface area (Å²) in [5.74, 6) is 0.455. The second-order valence-corrected chi connectivity index (χ2v) is 6.04. The molecule has 0 N–H and O–H groups in total. The summed E-state index contributed by atoms with van der Waals surface area (Å²) in [6.07, 6.45) is 1.65. The van der Waals surface area contributed by atoms with E-state index in [1.807, 2.05) is 22.6 Å². The normalized spacial score (nSPS) is 12.4. The Hall–Kier alpha value is -2.59. The number of thioether (sulfide) groups is 1. The van der Waals surface area contributed by atoms with Gasteiger partial charge >= 0.3 is 0 Å². The van der Waals surface area contributed by atoms with Crippen molar-refractivity contribution in [3.63, 3.8) is 0 Å². The fraction of sp³-hybridized carbons (Fsp3) is 0.200. The summed E-state index contributed by atoms with van der Waals surface area (Å²) in [6, 6.07) is 9.48. The van der Waals surface area contributed by atoms with Crippen molar-refractivity contribution >= 4 is 28.4 Å². The van der Waals surface area contributed by atoms with Gasteiger partial charge in [-0.1, -0.05) is 30.0 Å². The van der Waals surface area contributed by atoms with E-state index in [1.54, 1.807) is 19.1 Å². The van der Waals surface area contributed by atoms with Gasteiger partial charge in [-0.25, -0.2) is 0 Å². The van der Waals surface area contributed by atoms with Gasteiger partial charge in [0.2, 0.25) is 5.78 Å². The maximum absolute atomic E-state index is 12.6. The van der Waals surface area contributed by atoms with E-state index in [9.17, 15) is 4.79 Å². The molecule has 0 amide bonds. The van der Waals surface area contributed by atoms with E-state index in [2.05, 4.69) is 22.8 Å². The van der Waals surface area contributed by atoms with E-state index in [1.165, 1.54) is 16.3 Å². The Bertz CT molecular complexity index is 966. The molecule has 7 heteroatoms. The minimum Gasteiger partial charge on any atom is -0.272 e. The zero-order chi connectivity index (χ0) is 15.7. The van der Waals surface area contributed by atoms with Crippen LogP contribution >= 0.6 is 11.8 Å². The smallest absolute Gasteiger partial charge is 0.263 e. The molecule has 0 bridgehead atoms. The molecule has 0 unspecified atom stereocenters. The third kappa shape index (κ3) is 2.18. The van der Waals surface area contributed by atoms with Gasteiger partial charge in [-0.3, -0.25) is 13.8 Å². The Morgan fingerprint density at radius 1 is 1.45 bits per heavy atom. The van der Waals surface area contributed by atoms with Gasteiger partial charge in [0.05, 0.1) is 22.2 Å². The van der Waals surface area contributed by atoms with Crippen LogP contribution in [0, 0.1) is 11.3 Å². The molecule has 3 rings (SSSR count). The fourth-order valence-corrected chi connectivity index (χ4v) is 3.03. The molecular weight excluding hydrogens is 298 g/mol. The number of nitriles is 1. The van der Waals surface area contributed by atoms with Crippen LogP contribution in [0.2, 0.25) is 0 Å². The molecule has 110 valence electrons. The lowest BCUT2D eigenvalue weighted by atomic mass is 10.2. The lowest BCUT2D eigenvalue weighted by Crippen LogP contribution is -2.22. The first-order valence-corrected chi connectivity index (χ1v) is 7.59. The topological polar surface area (TPSA) is 76.0 Å². The molecule has 0 saturated heterocycles. The highest BCUT2D eigenvalue weighted by molar-refractivity contribution is 8.00. The second kappa shape index (κ2) is 5.66. The number of nitrogens with zero attached hydrogens (tertiary/aromatic N) is 5. The van der Waals surface area contributed by atoms with E-state index in [0.717, 1.165) is 5.52 Å². The number of allylic oxidation sites excluding steroid dienone is 1. The van der Waals surface area contributed by atoms with Crippen LogP contribution in [0.25, 0.3) is 16.7 Å². The summed E-state index contributed by atoms with van der Waals surface area (Å²) in [7, 11) is 0. The maximum Gasteiger partial charge on any atom is 0.263 e. The van der Waals surface area contributed by atoms with E-state index in [-0.39, 0.29) is 10.8 Å². The van der Waals surface area contributed by atoms with Crippen LogP contribution in [0.15, 0.2) is 46.9 Å². The number of aromatic nitrogens is 4. The van der Waals surface area contributed by atoms with Gasteiger partial charge in [0.15, 0.2) is 5.16 Å². The number of rotatable bonds is 4. The summed E-state index contributed by atoms with van der Waals surface area (Å²) in [5, 5.41) is 18.2. The number of hydrogen-bond donors (Lipinski definition) is 0. The number of hydrogen-bond acceptors (Lipinski definition) is 5. The molecule has 2 aromatic heterocycles. The van der Waals surface area contributed by atoms with Gasteiger partial charge in [0, 0.05) is 6.54 Å². The van der Waals surface area contributed by atoms with Crippen LogP contribution in [0.1, 0.15) is 6.92 Å². The number of para-hydroxylation sites is 1. The lowest BCUT2D eigenvalue weighted by molar-refractivity contribution is 0.783. The largest absolute Gasteiger partial charge is 0.272 e. The first-order chi connectivity index (χ1) is 10.7. The highest BCUT2D eigenvalue weighted by Crippen LogP contribution is 2.24. The molecule has 0 saturated carbocycles. The quantitative estimate of drug-likeness (QED) is 0.545. The Kier molecular flexibility index (Phi) is 3.69. The highest BCUT2D eigenvalue weighted by atomic mass is 32.2. The summed E-state index contributed by atoms with van der Waals surface area (Å²) < 4.78 is 3.35. The molecule has 2 heterocycles. The van der Waals surface area contributed by atoms with Crippen LogP contribution in [-0.4, -0.2) is 24.4 Å². The Labute approximate surface area is 130 Å². The highest BCUT2D eigenvalue weighted by Gasteiger charge is 2.17. The lowest BCUT2D eigenvalue weighted by Gasteiger charge is -2.09. The predicted molar refractivity (Wildman–Crippen MR) is 85.9 cm³/mol. The SMILES string of the molecule is C=CCn1c(=O)c2ccccc2n2c(S[C@H](C)C#N)nnc12. The second-order valence-electron chi connectivity index (χ2n) is 4.73. The van der Waals surface area contributed by atoms with Crippen molar-refractivity contribution in [3.8, 4) is 6.07 Å². The van der Waals surface area contributed by atoms with Gasteiger partial charge in [-0.15, -0.1) is 16.8 Å². The van der Waals surface area contributed by atoms with E-state index in [0.29, 0.717) is 22.9 Å². The van der Waals surface area contributed by atoms with E-state index in [4.69, 9.17) is 5.26 Å². The standard InChI is InChI=1S/C15H13N5OS/c1-3-8-19-13(21)11-6-4-5-7-12(11)20-14(19)17-18-15(20)22-10(2)9-16/h3-7,10H,1,8H2,2H3/t10-/m1/s1. The fourth-order valence-electron chi connectivity index (χ4n) is 2.29. The summed E-state index contributed by atoms with van der Waals surface area (Å²) in [5.41, 5.74) is 0.612. The zero-order valence-corrected chi connectivity index (χ0v) is 12.7. The van der Waals surface area contributed by atoms with Crippen molar-refractivity contribution < 1.29 is 0 Å². The molecule has 6 nitrogen and oxygen atoms in total. The van der Waals surface area contributed by atoms with Gasteiger partial charge in [0.25, 0.3) is 5.56 Å². The molecule has 0 fully saturated rings. The Morgan fingerprint density at radius 3 is 2.95 bits per heavy atom. The molecule has 1 aromatic carbocycles. The molecule has 0 aliphatic heterocycles. The van der Waals surface area contributed by atoms with Crippen LogP contribution < -0.4 is 5.56 Å². The van der Waals surface area contributed by atoms with Gasteiger partial charge < -0.3 is 0 Å². The molecule has 0 aliphatic carbocycles. The predicted octanol–water partition coefficient (Wildman–Crippen LogP) is 2.23. The summed E-state index contributed by atoms with van der Waals surface area (Å²) in [4.78, 5) is 12.6. The molecule has 1 atom stereocenters. The minimum atomic E-state index is -0.258. The summed E-state index contributed by atoms with van der Waals surface area (Å²) in [6.45, 7) is 5.84. The Balaban J connectivity index is 2.41. The van der Waals surface area contributed by atoms with Crippen molar-refractivity contribution in [1.82, 2.24) is 19.2 Å². The average molecular weight is 311 g/mol. The first kappa shape index (κ1) is 14.4. The van der Waals surface area contributed by atoms with Crippen LogP contribution in [0.3, 0.4) is 0 Å². The Morgan fingerprint density at radius 2 is 2.23 bits per heavy atom. The molecular formula is C15H13N5OS. The molecule has 22 heavy (non-hydrogen) atoms. The maximum atomic E-state index is 12.6. The van der Waals surface area contributed by atoms with E-state index >= 15 is 0 Å². The van der Waals surface area contributed by atoms with Crippen molar-refractivity contribution in [3.05, 3.63) is 47.3 Å². The van der Waals surface area contributed by atoms with Crippen molar-refractivity contribution in [2.75, 3.05) is 0 Å². The minimum absolute atomic E-state index is 0.125. The van der Waals surface area contributed by atoms with Gasteiger partial charge in [-0.2, -0.15) is 5.26 Å². The molecule has 3 aromatic rings. The van der Waals surface area contributed by atoms with Crippen LogP contribution in [0.4, 0.5) is 0 Å². The number of fused-ring (bicyclic) bond motifs is 3. The van der Waals surface area contributed by atoms with Crippen LogP contribution in [-0.2, 0) is 6.54 Å². The monoisotopic (exact) mass is 311 g/mol. The third-order valence-corrected chi connectivity index (χ3v) is 4.19. The number of benzene rings is 1. The molecule has 0 spiro atoms. The van der Waals surface area contributed by atoms with Crippen molar-refractivity contribution in [1.29, 1.82) is 5.26 Å². The van der Waals surface area contributed by atoms with Crippen molar-refractivity contribution in [2.45, 2.75) is 23.9 Å². The summed E-state index contributed by atoms with van der Waals surface area (Å²) >= 11 is 1.31. The van der Waals surface area contributed by atoms with E-state index < -0.39 is 0 Å². The first-order valence-electron chi connectivity index (χ1n) is 6.71. The van der Waals surface area contributed by atoms with Crippen molar-refractivity contribution in [2.24, 2.45) is 0 Å². The average Bonchev–Trinajstić information content (AvgIpc) is 2.95.